The van der Waals surface area contributed by atoms with Crippen LogP contribution in [0.1, 0.15) is 69.2 Å². The van der Waals surface area contributed by atoms with Gasteiger partial charge in [-0.25, -0.2) is 0 Å². The maximum atomic E-state index is 11.5. The van der Waals surface area contributed by atoms with Crippen LogP contribution < -0.4 is 0 Å². The van der Waals surface area contributed by atoms with Gasteiger partial charge in [-0.1, -0.05) is 24.6 Å². The number of hydrogen-bond donors (Lipinski definition) is 1. The molecule has 3 saturated carbocycles. The number of rotatable bonds is 5. The van der Waals surface area contributed by atoms with Crippen molar-refractivity contribution in [2.45, 2.75) is 73.7 Å². The first-order chi connectivity index (χ1) is 10.2. The predicted octanol–water partition coefficient (Wildman–Crippen LogP) is 3.23. The zero-order valence-electron chi connectivity index (χ0n) is 12.1. The third-order valence-electron chi connectivity index (χ3n) is 4.82. The Hall–Kier alpha value is -1.04. The van der Waals surface area contributed by atoms with E-state index in [1.807, 2.05) is 0 Å². The average molecular weight is 307 g/mol. The molecule has 0 bridgehead atoms. The average Bonchev–Trinajstić information content (AvgIpc) is 3.39. The highest BCUT2D eigenvalue weighted by Gasteiger charge is 2.38. The first kappa shape index (κ1) is 13.6. The molecule has 6 heteroatoms. The van der Waals surface area contributed by atoms with Crippen LogP contribution in [0.25, 0.3) is 0 Å². The molecule has 2 atom stereocenters. The summed E-state index contributed by atoms with van der Waals surface area (Å²) in [6, 6.07) is 0.574. The van der Waals surface area contributed by atoms with Gasteiger partial charge in [-0.2, -0.15) is 0 Å². The number of aliphatic carboxylic acids is 1. The second-order valence-corrected chi connectivity index (χ2v) is 7.81. The summed E-state index contributed by atoms with van der Waals surface area (Å²) in [6.07, 6.45) is 8.87. The van der Waals surface area contributed by atoms with Gasteiger partial charge in [-0.3, -0.25) is 4.79 Å². The van der Waals surface area contributed by atoms with Crippen molar-refractivity contribution in [2.75, 3.05) is 0 Å². The smallest absolute Gasteiger partial charge is 0.307 e. The molecule has 3 fully saturated rings. The number of thioether (sulfide) groups is 1. The van der Waals surface area contributed by atoms with E-state index in [9.17, 15) is 9.90 Å². The van der Waals surface area contributed by atoms with Crippen molar-refractivity contribution in [3.63, 3.8) is 0 Å². The fourth-order valence-corrected chi connectivity index (χ4v) is 4.74. The van der Waals surface area contributed by atoms with E-state index in [1.54, 1.807) is 11.8 Å². The minimum atomic E-state index is -0.646. The molecule has 0 amide bonds. The zero-order valence-corrected chi connectivity index (χ0v) is 12.9. The van der Waals surface area contributed by atoms with Crippen LogP contribution >= 0.6 is 11.8 Å². The summed E-state index contributed by atoms with van der Waals surface area (Å²) >= 11 is 1.67. The molecule has 1 aromatic rings. The summed E-state index contributed by atoms with van der Waals surface area (Å²) in [7, 11) is 0. The molecule has 0 aromatic carbocycles. The van der Waals surface area contributed by atoms with Gasteiger partial charge in [-0.05, 0) is 38.5 Å². The van der Waals surface area contributed by atoms with Crippen molar-refractivity contribution in [2.24, 2.45) is 5.92 Å². The Morgan fingerprint density at radius 3 is 2.52 bits per heavy atom. The summed E-state index contributed by atoms with van der Waals surface area (Å²) in [5, 5.41) is 19.4. The molecule has 1 heterocycles. The van der Waals surface area contributed by atoms with Gasteiger partial charge in [0, 0.05) is 17.2 Å². The van der Waals surface area contributed by atoms with Gasteiger partial charge in [0.15, 0.2) is 5.16 Å². The normalized spacial score (nSPS) is 29.5. The fourth-order valence-electron chi connectivity index (χ4n) is 3.32. The van der Waals surface area contributed by atoms with Crippen LogP contribution in [0.3, 0.4) is 0 Å². The van der Waals surface area contributed by atoms with E-state index in [0.717, 1.165) is 36.7 Å². The molecule has 0 saturated heterocycles. The van der Waals surface area contributed by atoms with Crippen molar-refractivity contribution >= 4 is 17.7 Å². The van der Waals surface area contributed by atoms with Crippen molar-refractivity contribution in [1.29, 1.82) is 0 Å². The summed E-state index contributed by atoms with van der Waals surface area (Å²) in [4.78, 5) is 11.5. The fraction of sp³-hybridized carbons (Fsp3) is 0.800. The zero-order chi connectivity index (χ0) is 14.4. The van der Waals surface area contributed by atoms with E-state index in [4.69, 9.17) is 0 Å². The first-order valence-corrected chi connectivity index (χ1v) is 8.96. The maximum absolute atomic E-state index is 11.5. The van der Waals surface area contributed by atoms with Crippen LogP contribution in [-0.4, -0.2) is 31.1 Å². The van der Waals surface area contributed by atoms with Gasteiger partial charge in [0.05, 0.1) is 5.92 Å². The van der Waals surface area contributed by atoms with Crippen LogP contribution in [-0.2, 0) is 4.79 Å². The van der Waals surface area contributed by atoms with Gasteiger partial charge in [0.1, 0.15) is 5.82 Å². The van der Waals surface area contributed by atoms with Crippen LogP contribution in [0.2, 0.25) is 0 Å². The quantitative estimate of drug-likeness (QED) is 0.904. The van der Waals surface area contributed by atoms with Crippen molar-refractivity contribution in [3.8, 4) is 0 Å². The topological polar surface area (TPSA) is 68.0 Å². The number of hydrogen-bond acceptors (Lipinski definition) is 4. The van der Waals surface area contributed by atoms with E-state index in [1.165, 1.54) is 25.7 Å². The van der Waals surface area contributed by atoms with E-state index >= 15 is 0 Å². The van der Waals surface area contributed by atoms with Gasteiger partial charge in [0.2, 0.25) is 0 Å². The lowest BCUT2D eigenvalue weighted by atomic mass is 9.89. The lowest BCUT2D eigenvalue weighted by Gasteiger charge is -2.27. The molecule has 3 aliphatic rings. The number of aromatic nitrogens is 3. The summed E-state index contributed by atoms with van der Waals surface area (Å²) in [5.41, 5.74) is 0. The molecular formula is C15H21N3O2S. The minimum Gasteiger partial charge on any atom is -0.481 e. The van der Waals surface area contributed by atoms with Crippen molar-refractivity contribution in [1.82, 2.24) is 14.8 Å². The molecule has 21 heavy (non-hydrogen) atoms. The Bertz CT molecular complexity index is 551. The molecule has 0 radical (unpaired) electrons. The van der Waals surface area contributed by atoms with Crippen LogP contribution in [0.4, 0.5) is 0 Å². The van der Waals surface area contributed by atoms with Crippen molar-refractivity contribution < 1.29 is 9.90 Å². The standard InChI is InChI=1S/C15H21N3O2S/c19-14(20)11-3-1-2-4-12(11)21-15-17-16-13(9-5-6-9)18(15)10-7-8-10/h9-12H,1-8H2,(H,19,20). The van der Waals surface area contributed by atoms with Crippen LogP contribution in [0, 0.1) is 5.92 Å². The SMILES string of the molecule is O=C(O)C1CCCCC1Sc1nnc(C2CC2)n1C1CC1. The molecule has 5 nitrogen and oxygen atoms in total. The molecule has 1 N–H and O–H groups in total. The molecule has 3 aliphatic carbocycles. The van der Waals surface area contributed by atoms with Gasteiger partial charge >= 0.3 is 5.97 Å². The molecule has 4 rings (SSSR count). The first-order valence-electron chi connectivity index (χ1n) is 8.08. The largest absolute Gasteiger partial charge is 0.481 e. The van der Waals surface area contributed by atoms with E-state index in [-0.39, 0.29) is 11.2 Å². The van der Waals surface area contributed by atoms with Gasteiger partial charge in [-0.15, -0.1) is 10.2 Å². The lowest BCUT2D eigenvalue weighted by molar-refractivity contribution is -0.142. The second kappa shape index (κ2) is 5.30. The third-order valence-corrected chi connectivity index (χ3v) is 6.18. The Labute approximate surface area is 128 Å². The molecule has 114 valence electrons. The number of carboxylic acid groups (broad SMARTS) is 1. The Morgan fingerprint density at radius 1 is 1.10 bits per heavy atom. The summed E-state index contributed by atoms with van der Waals surface area (Å²) in [6.45, 7) is 0. The monoisotopic (exact) mass is 307 g/mol. The Morgan fingerprint density at radius 2 is 1.86 bits per heavy atom. The highest BCUT2D eigenvalue weighted by Crippen LogP contribution is 2.47. The highest BCUT2D eigenvalue weighted by molar-refractivity contribution is 7.99. The van der Waals surface area contributed by atoms with Crippen molar-refractivity contribution in [3.05, 3.63) is 5.82 Å². The maximum Gasteiger partial charge on any atom is 0.307 e. The van der Waals surface area contributed by atoms with Gasteiger partial charge < -0.3 is 9.67 Å². The van der Waals surface area contributed by atoms with E-state index in [0.29, 0.717) is 12.0 Å². The van der Waals surface area contributed by atoms with E-state index in [2.05, 4.69) is 14.8 Å². The molecule has 1 aromatic heterocycles. The highest BCUT2D eigenvalue weighted by atomic mass is 32.2. The minimum absolute atomic E-state index is 0.157. The van der Waals surface area contributed by atoms with Gasteiger partial charge in [0.25, 0.3) is 0 Å². The molecular weight excluding hydrogens is 286 g/mol. The molecule has 2 unspecified atom stereocenters. The number of carboxylic acids is 1. The second-order valence-electron chi connectivity index (χ2n) is 6.60. The van der Waals surface area contributed by atoms with Crippen LogP contribution in [0.15, 0.2) is 5.16 Å². The van der Waals surface area contributed by atoms with E-state index < -0.39 is 5.97 Å². The predicted molar refractivity (Wildman–Crippen MR) is 79.5 cm³/mol. The molecule has 0 aliphatic heterocycles. The number of nitrogens with zero attached hydrogens (tertiary/aromatic N) is 3. The lowest BCUT2D eigenvalue weighted by Crippen LogP contribution is -2.29. The molecule has 0 spiro atoms. The summed E-state index contributed by atoms with van der Waals surface area (Å²) < 4.78 is 2.33. The van der Waals surface area contributed by atoms with Crippen LogP contribution in [0.5, 0.6) is 0 Å². The Kier molecular flexibility index (Phi) is 3.44. The third kappa shape index (κ3) is 2.70. The summed E-state index contributed by atoms with van der Waals surface area (Å²) in [5.74, 6) is 0.890. The Balaban J connectivity index is 1.57. The number of carbonyl (C=O) groups is 1.